The Morgan fingerprint density at radius 2 is 2.11 bits per heavy atom. The minimum atomic E-state index is -3.67. The van der Waals surface area contributed by atoms with E-state index in [0.29, 0.717) is 0 Å². The minimum Gasteiger partial charge on any atom is -0.465 e. The van der Waals surface area contributed by atoms with Crippen LogP contribution in [-0.2, 0) is 25.1 Å². The van der Waals surface area contributed by atoms with Crippen molar-refractivity contribution in [2.75, 3.05) is 18.1 Å². The maximum atomic E-state index is 13.1. The third kappa shape index (κ3) is 4.33. The summed E-state index contributed by atoms with van der Waals surface area (Å²) in [5, 5.41) is 0. The summed E-state index contributed by atoms with van der Waals surface area (Å²) in [5.74, 6) is -2.64. The summed E-state index contributed by atoms with van der Waals surface area (Å²) in [6, 6.07) is 3.73. The summed E-state index contributed by atoms with van der Waals surface area (Å²) in [7, 11) is -3.67. The van der Waals surface area contributed by atoms with E-state index in [-0.39, 0.29) is 17.9 Å². The summed E-state index contributed by atoms with van der Waals surface area (Å²) in [4.78, 5) is 11.1. The second kappa shape index (κ2) is 5.81. The Hall–Kier alpha value is -1.63. The van der Waals surface area contributed by atoms with Gasteiger partial charge in [0.25, 0.3) is 0 Å². The van der Waals surface area contributed by atoms with Crippen molar-refractivity contribution in [3.05, 3.63) is 29.6 Å². The molecule has 0 saturated heterocycles. The van der Waals surface area contributed by atoms with Crippen LogP contribution in [0.4, 0.5) is 10.1 Å². The maximum Gasteiger partial charge on any atom is 0.321 e. The fourth-order valence-corrected chi connectivity index (χ4v) is 2.58. The van der Waals surface area contributed by atoms with Crippen LogP contribution in [0.1, 0.15) is 12.5 Å². The maximum absolute atomic E-state index is 13.1. The molecule has 5 nitrogen and oxygen atoms in total. The molecule has 0 aliphatic rings. The molecular weight excluding hydrogens is 261 g/mol. The van der Waals surface area contributed by atoms with Gasteiger partial charge in [0, 0.05) is 0 Å². The number of sulfone groups is 1. The van der Waals surface area contributed by atoms with Crippen LogP contribution in [-0.4, -0.2) is 26.7 Å². The van der Waals surface area contributed by atoms with Gasteiger partial charge in [0.05, 0.1) is 18.0 Å². The first kappa shape index (κ1) is 14.4. The van der Waals surface area contributed by atoms with Gasteiger partial charge < -0.3 is 10.5 Å². The number of carbonyl (C=O) groups is 1. The molecule has 0 atom stereocenters. The lowest BCUT2D eigenvalue weighted by molar-refractivity contribution is -0.139. The van der Waals surface area contributed by atoms with Gasteiger partial charge in [-0.1, -0.05) is 6.07 Å². The van der Waals surface area contributed by atoms with Crippen LogP contribution in [0.15, 0.2) is 18.2 Å². The Kier molecular flexibility index (Phi) is 4.66. The van der Waals surface area contributed by atoms with Gasteiger partial charge in [-0.15, -0.1) is 0 Å². The van der Waals surface area contributed by atoms with Crippen molar-refractivity contribution < 1.29 is 22.3 Å². The number of hydrogen-bond donors (Lipinski definition) is 1. The SMILES string of the molecule is CCOC(=O)CS(=O)(=O)Cc1ccc(N)c(F)c1. The van der Waals surface area contributed by atoms with Gasteiger partial charge in [0.2, 0.25) is 0 Å². The van der Waals surface area contributed by atoms with Crippen LogP contribution in [0.2, 0.25) is 0 Å². The molecule has 100 valence electrons. The molecule has 0 aliphatic heterocycles. The van der Waals surface area contributed by atoms with Gasteiger partial charge in [-0.05, 0) is 24.6 Å². The number of rotatable bonds is 5. The van der Waals surface area contributed by atoms with Gasteiger partial charge in [-0.2, -0.15) is 0 Å². The predicted molar refractivity (Wildman–Crippen MR) is 64.9 cm³/mol. The molecule has 0 bridgehead atoms. The first-order valence-corrected chi connectivity index (χ1v) is 7.06. The largest absolute Gasteiger partial charge is 0.465 e. The number of esters is 1. The van der Waals surface area contributed by atoms with Gasteiger partial charge in [0.15, 0.2) is 9.84 Å². The zero-order valence-corrected chi connectivity index (χ0v) is 10.7. The van der Waals surface area contributed by atoms with Crippen molar-refractivity contribution in [1.82, 2.24) is 0 Å². The number of hydrogen-bond acceptors (Lipinski definition) is 5. The van der Waals surface area contributed by atoms with Gasteiger partial charge in [-0.3, -0.25) is 4.79 Å². The quantitative estimate of drug-likeness (QED) is 0.637. The smallest absolute Gasteiger partial charge is 0.321 e. The lowest BCUT2D eigenvalue weighted by Crippen LogP contribution is -2.20. The van der Waals surface area contributed by atoms with Crippen molar-refractivity contribution in [2.45, 2.75) is 12.7 Å². The first-order valence-electron chi connectivity index (χ1n) is 5.24. The molecule has 2 N–H and O–H groups in total. The van der Waals surface area contributed by atoms with E-state index in [0.717, 1.165) is 6.07 Å². The molecule has 0 fully saturated rings. The van der Waals surface area contributed by atoms with Crippen LogP contribution in [0.5, 0.6) is 0 Å². The van der Waals surface area contributed by atoms with Crippen molar-refractivity contribution in [3.8, 4) is 0 Å². The molecular formula is C11H14FNO4S. The van der Waals surface area contributed by atoms with Crippen LogP contribution in [0.3, 0.4) is 0 Å². The third-order valence-corrected chi connectivity index (χ3v) is 3.54. The van der Waals surface area contributed by atoms with Crippen LogP contribution >= 0.6 is 0 Å². The summed E-state index contributed by atoms with van der Waals surface area (Å²) in [6.07, 6.45) is 0. The molecule has 1 aromatic rings. The highest BCUT2D eigenvalue weighted by Gasteiger charge is 2.18. The van der Waals surface area contributed by atoms with E-state index >= 15 is 0 Å². The zero-order chi connectivity index (χ0) is 13.8. The highest BCUT2D eigenvalue weighted by atomic mass is 32.2. The molecule has 0 saturated carbocycles. The standard InChI is InChI=1S/C11H14FNO4S/c1-2-17-11(14)7-18(15,16)6-8-3-4-10(13)9(12)5-8/h3-5H,2,6-7,13H2,1H3. The number of nitrogens with two attached hydrogens (primary N) is 1. The lowest BCUT2D eigenvalue weighted by Gasteiger charge is -2.05. The number of carbonyl (C=O) groups excluding carboxylic acids is 1. The average molecular weight is 275 g/mol. The molecule has 1 rings (SSSR count). The molecule has 0 unspecified atom stereocenters. The third-order valence-electron chi connectivity index (χ3n) is 2.09. The molecule has 0 radical (unpaired) electrons. The van der Waals surface area contributed by atoms with E-state index in [4.69, 9.17) is 5.73 Å². The van der Waals surface area contributed by atoms with Crippen molar-refractivity contribution in [1.29, 1.82) is 0 Å². The van der Waals surface area contributed by atoms with E-state index in [9.17, 15) is 17.6 Å². The number of halogens is 1. The van der Waals surface area contributed by atoms with Crippen molar-refractivity contribution in [2.24, 2.45) is 0 Å². The lowest BCUT2D eigenvalue weighted by atomic mass is 10.2. The summed E-state index contributed by atoms with van der Waals surface area (Å²) < 4.78 is 40.9. The number of benzene rings is 1. The van der Waals surface area contributed by atoms with Crippen molar-refractivity contribution in [3.63, 3.8) is 0 Å². The topological polar surface area (TPSA) is 86.5 Å². The molecule has 1 aromatic carbocycles. The number of anilines is 1. The second-order valence-corrected chi connectivity index (χ2v) is 5.76. The number of nitrogen functional groups attached to an aromatic ring is 1. The molecule has 0 spiro atoms. The summed E-state index contributed by atoms with van der Waals surface area (Å²) >= 11 is 0. The number of ether oxygens (including phenoxy) is 1. The molecule has 0 amide bonds. The average Bonchev–Trinajstić information content (AvgIpc) is 2.22. The Labute approximate surface area is 105 Å². The van der Waals surface area contributed by atoms with Crippen LogP contribution in [0.25, 0.3) is 0 Å². The second-order valence-electron chi connectivity index (χ2n) is 3.69. The Morgan fingerprint density at radius 3 is 2.67 bits per heavy atom. The summed E-state index contributed by atoms with van der Waals surface area (Å²) in [5.41, 5.74) is 5.46. The normalized spacial score (nSPS) is 11.2. The monoisotopic (exact) mass is 275 g/mol. The molecule has 7 heteroatoms. The highest BCUT2D eigenvalue weighted by molar-refractivity contribution is 7.91. The zero-order valence-electron chi connectivity index (χ0n) is 9.85. The van der Waals surface area contributed by atoms with Gasteiger partial charge in [0.1, 0.15) is 11.6 Å². The first-order chi connectivity index (χ1) is 8.34. The molecule has 0 aromatic heterocycles. The summed E-state index contributed by atoms with van der Waals surface area (Å²) in [6.45, 7) is 1.70. The van der Waals surface area contributed by atoms with Gasteiger partial charge in [-0.25, -0.2) is 12.8 Å². The minimum absolute atomic E-state index is 0.0541. The van der Waals surface area contributed by atoms with Crippen LogP contribution < -0.4 is 5.73 Å². The van der Waals surface area contributed by atoms with Crippen molar-refractivity contribution >= 4 is 21.5 Å². The molecule has 0 heterocycles. The Bertz CT molecular complexity index is 542. The fraction of sp³-hybridized carbons (Fsp3) is 0.364. The van der Waals surface area contributed by atoms with E-state index in [2.05, 4.69) is 4.74 Å². The van der Waals surface area contributed by atoms with E-state index < -0.39 is 33.1 Å². The van der Waals surface area contributed by atoms with Crippen LogP contribution in [0, 0.1) is 5.82 Å². The Balaban J connectivity index is 2.76. The molecule has 0 aliphatic carbocycles. The van der Waals surface area contributed by atoms with E-state index in [1.807, 2.05) is 0 Å². The molecule has 18 heavy (non-hydrogen) atoms. The Morgan fingerprint density at radius 1 is 1.44 bits per heavy atom. The fourth-order valence-electron chi connectivity index (χ4n) is 1.35. The highest BCUT2D eigenvalue weighted by Crippen LogP contribution is 2.14. The predicted octanol–water partition coefficient (Wildman–Crippen LogP) is 0.886. The van der Waals surface area contributed by atoms with E-state index in [1.54, 1.807) is 6.92 Å². The van der Waals surface area contributed by atoms with Gasteiger partial charge >= 0.3 is 5.97 Å². The van der Waals surface area contributed by atoms with E-state index in [1.165, 1.54) is 12.1 Å².